The Morgan fingerprint density at radius 3 is 2.58 bits per heavy atom. The lowest BCUT2D eigenvalue weighted by molar-refractivity contribution is 0.278. The van der Waals surface area contributed by atoms with Gasteiger partial charge in [0, 0.05) is 17.6 Å². The van der Waals surface area contributed by atoms with Gasteiger partial charge in [-0.25, -0.2) is 8.42 Å². The van der Waals surface area contributed by atoms with Crippen LogP contribution in [0.25, 0.3) is 0 Å². The smallest absolute Gasteiger partial charge is 0.244 e. The lowest BCUT2D eigenvalue weighted by Gasteiger charge is -2.30. The predicted molar refractivity (Wildman–Crippen MR) is 79.7 cm³/mol. The molecule has 0 atom stereocenters. The molecule has 106 valence electrons. The number of nitrogens with two attached hydrogens (primary N) is 1. The van der Waals surface area contributed by atoms with Crippen molar-refractivity contribution in [3.05, 3.63) is 27.7 Å². The molecule has 0 unspecified atom stereocenters. The lowest BCUT2D eigenvalue weighted by atomic mass is 9.99. The minimum Gasteiger partial charge on any atom is -0.330 e. The molecule has 0 aromatic heterocycles. The monoisotopic (exact) mass is 366 g/mol. The van der Waals surface area contributed by atoms with Gasteiger partial charge in [0.15, 0.2) is 0 Å². The van der Waals surface area contributed by atoms with E-state index in [0.717, 1.165) is 12.8 Å². The van der Waals surface area contributed by atoms with Crippen LogP contribution < -0.4 is 5.73 Å². The van der Waals surface area contributed by atoms with E-state index in [9.17, 15) is 8.42 Å². The highest BCUT2D eigenvalue weighted by atomic mass is 79.9. The molecule has 19 heavy (non-hydrogen) atoms. The van der Waals surface area contributed by atoms with Crippen LogP contribution in [0.2, 0.25) is 5.02 Å². The number of piperidine rings is 1. The van der Waals surface area contributed by atoms with E-state index in [-0.39, 0.29) is 9.92 Å². The number of rotatable bonds is 3. The fourth-order valence-electron chi connectivity index (χ4n) is 2.21. The molecule has 1 aromatic carbocycles. The van der Waals surface area contributed by atoms with E-state index in [1.54, 1.807) is 12.1 Å². The fourth-order valence-corrected chi connectivity index (χ4v) is 4.68. The molecular formula is C12H16BrClN2O2S. The first kappa shape index (κ1) is 15.3. The predicted octanol–water partition coefficient (Wildman–Crippen LogP) is 2.46. The van der Waals surface area contributed by atoms with Gasteiger partial charge in [0.1, 0.15) is 4.90 Å². The van der Waals surface area contributed by atoms with Gasteiger partial charge in [-0.2, -0.15) is 4.31 Å². The molecule has 0 radical (unpaired) electrons. The maximum Gasteiger partial charge on any atom is 0.244 e. The minimum atomic E-state index is -3.52. The number of sulfonamides is 1. The third-order valence-electron chi connectivity index (χ3n) is 3.44. The number of hydrogen-bond donors (Lipinski definition) is 1. The van der Waals surface area contributed by atoms with Crippen LogP contribution in [0.1, 0.15) is 12.8 Å². The van der Waals surface area contributed by atoms with Crippen molar-refractivity contribution >= 4 is 37.6 Å². The molecule has 1 aliphatic heterocycles. The van der Waals surface area contributed by atoms with Crippen LogP contribution in [0, 0.1) is 5.92 Å². The summed E-state index contributed by atoms with van der Waals surface area (Å²) in [5.41, 5.74) is 5.62. The normalized spacial score (nSPS) is 18.7. The Kier molecular flexibility index (Phi) is 4.89. The van der Waals surface area contributed by atoms with E-state index in [4.69, 9.17) is 17.3 Å². The Morgan fingerprint density at radius 2 is 2.00 bits per heavy atom. The Hall–Kier alpha value is -0.140. The number of nitrogens with zero attached hydrogens (tertiary/aromatic N) is 1. The Morgan fingerprint density at radius 1 is 1.37 bits per heavy atom. The van der Waals surface area contributed by atoms with Gasteiger partial charge in [-0.05, 0) is 53.4 Å². The summed E-state index contributed by atoms with van der Waals surface area (Å²) in [7, 11) is -3.52. The molecule has 1 fully saturated rings. The molecule has 7 heteroatoms. The van der Waals surface area contributed by atoms with Gasteiger partial charge in [0.25, 0.3) is 0 Å². The number of benzene rings is 1. The average molecular weight is 368 g/mol. The molecule has 2 rings (SSSR count). The van der Waals surface area contributed by atoms with E-state index in [1.807, 2.05) is 0 Å². The SMILES string of the molecule is NCC1CCN(S(=O)(=O)c2cccc(Br)c2Cl)CC1. The van der Waals surface area contributed by atoms with E-state index in [2.05, 4.69) is 15.9 Å². The van der Waals surface area contributed by atoms with Gasteiger partial charge in [0.2, 0.25) is 10.0 Å². The van der Waals surface area contributed by atoms with E-state index >= 15 is 0 Å². The summed E-state index contributed by atoms with van der Waals surface area (Å²) in [6.07, 6.45) is 1.61. The second kappa shape index (κ2) is 6.10. The summed E-state index contributed by atoms with van der Waals surface area (Å²) in [4.78, 5) is 0.162. The van der Waals surface area contributed by atoms with Crippen LogP contribution in [0.4, 0.5) is 0 Å². The fraction of sp³-hybridized carbons (Fsp3) is 0.500. The van der Waals surface area contributed by atoms with Crippen LogP contribution >= 0.6 is 27.5 Å². The van der Waals surface area contributed by atoms with Crippen molar-refractivity contribution in [3.8, 4) is 0 Å². The summed E-state index contributed by atoms with van der Waals surface area (Å²) < 4.78 is 27.2. The Bertz CT molecular complexity index is 557. The molecule has 1 aliphatic rings. The molecule has 1 aromatic rings. The molecular weight excluding hydrogens is 352 g/mol. The molecule has 0 spiro atoms. The molecule has 1 saturated heterocycles. The van der Waals surface area contributed by atoms with Crippen LogP contribution in [0.3, 0.4) is 0 Å². The molecule has 0 aliphatic carbocycles. The maximum absolute atomic E-state index is 12.5. The van der Waals surface area contributed by atoms with Gasteiger partial charge in [0.05, 0.1) is 5.02 Å². The Labute approximate surface area is 127 Å². The maximum atomic E-state index is 12.5. The van der Waals surface area contributed by atoms with Crippen LogP contribution in [-0.2, 0) is 10.0 Å². The first-order valence-corrected chi connectivity index (χ1v) is 8.72. The second-order valence-corrected chi connectivity index (χ2v) is 7.77. The van der Waals surface area contributed by atoms with Crippen molar-refractivity contribution in [3.63, 3.8) is 0 Å². The molecule has 0 saturated carbocycles. The summed E-state index contributed by atoms with van der Waals surface area (Å²) in [5.74, 6) is 0.421. The largest absolute Gasteiger partial charge is 0.330 e. The molecule has 1 heterocycles. The number of hydrogen-bond acceptors (Lipinski definition) is 3. The van der Waals surface area contributed by atoms with Crippen molar-refractivity contribution in [2.24, 2.45) is 11.7 Å². The first-order valence-electron chi connectivity index (χ1n) is 6.11. The van der Waals surface area contributed by atoms with E-state index in [1.165, 1.54) is 10.4 Å². The van der Waals surface area contributed by atoms with Crippen molar-refractivity contribution in [1.29, 1.82) is 0 Å². The van der Waals surface area contributed by atoms with Gasteiger partial charge < -0.3 is 5.73 Å². The van der Waals surface area contributed by atoms with Crippen molar-refractivity contribution in [1.82, 2.24) is 4.31 Å². The first-order chi connectivity index (χ1) is 8.96. The van der Waals surface area contributed by atoms with Gasteiger partial charge in [-0.15, -0.1) is 0 Å². The zero-order valence-corrected chi connectivity index (χ0v) is 13.5. The van der Waals surface area contributed by atoms with E-state index in [0.29, 0.717) is 30.0 Å². The molecule has 2 N–H and O–H groups in total. The quantitative estimate of drug-likeness (QED) is 0.892. The van der Waals surface area contributed by atoms with Crippen molar-refractivity contribution < 1.29 is 8.42 Å². The topological polar surface area (TPSA) is 63.4 Å². The standard InChI is InChI=1S/C12H16BrClN2O2S/c13-10-2-1-3-11(12(10)14)19(17,18)16-6-4-9(8-15)5-7-16/h1-3,9H,4-8,15H2. The highest BCUT2D eigenvalue weighted by molar-refractivity contribution is 9.10. The van der Waals surface area contributed by atoms with Crippen molar-refractivity contribution in [2.45, 2.75) is 17.7 Å². The highest BCUT2D eigenvalue weighted by Crippen LogP contribution is 2.32. The third-order valence-corrected chi connectivity index (χ3v) is 6.79. The molecule has 0 bridgehead atoms. The van der Waals surface area contributed by atoms with Crippen LogP contribution in [0.15, 0.2) is 27.6 Å². The third kappa shape index (κ3) is 3.13. The van der Waals surface area contributed by atoms with Crippen molar-refractivity contribution in [2.75, 3.05) is 19.6 Å². The summed E-state index contributed by atoms with van der Waals surface area (Å²) in [6.45, 7) is 1.63. The van der Waals surface area contributed by atoms with Gasteiger partial charge in [-0.1, -0.05) is 17.7 Å². The highest BCUT2D eigenvalue weighted by Gasteiger charge is 2.30. The zero-order chi connectivity index (χ0) is 14.0. The Balaban J connectivity index is 2.26. The van der Waals surface area contributed by atoms with Gasteiger partial charge in [-0.3, -0.25) is 0 Å². The van der Waals surface area contributed by atoms with Crippen LogP contribution in [0.5, 0.6) is 0 Å². The minimum absolute atomic E-state index is 0.162. The average Bonchev–Trinajstić information content (AvgIpc) is 2.41. The number of halogens is 2. The van der Waals surface area contributed by atoms with Gasteiger partial charge >= 0.3 is 0 Å². The zero-order valence-electron chi connectivity index (χ0n) is 10.4. The molecule has 0 amide bonds. The second-order valence-electron chi connectivity index (χ2n) is 4.64. The summed E-state index contributed by atoms with van der Waals surface area (Å²) >= 11 is 9.33. The lowest BCUT2D eigenvalue weighted by Crippen LogP contribution is -2.40. The summed E-state index contributed by atoms with van der Waals surface area (Å²) in [5, 5.41) is 0.239. The summed E-state index contributed by atoms with van der Waals surface area (Å²) in [6, 6.07) is 4.94. The van der Waals surface area contributed by atoms with Crippen LogP contribution in [-0.4, -0.2) is 32.4 Å². The molecule has 4 nitrogen and oxygen atoms in total. The van der Waals surface area contributed by atoms with E-state index < -0.39 is 10.0 Å².